The zero-order valence-electron chi connectivity index (χ0n) is 8.37. The molecular formula is C9H14N4O. The number of carbonyl (C=O) groups excluding carboxylic acids is 1. The molecule has 0 bridgehead atoms. The number of nitrogens with zero attached hydrogens (tertiary/aromatic N) is 2. The third-order valence-electron chi connectivity index (χ3n) is 1.77. The maximum atomic E-state index is 11.5. The van der Waals surface area contributed by atoms with E-state index in [2.05, 4.69) is 15.3 Å². The van der Waals surface area contributed by atoms with Gasteiger partial charge in [-0.25, -0.2) is 9.97 Å². The first-order chi connectivity index (χ1) is 6.65. The van der Waals surface area contributed by atoms with Crippen molar-refractivity contribution in [1.29, 1.82) is 0 Å². The molecule has 0 fully saturated rings. The van der Waals surface area contributed by atoms with E-state index in [0.29, 0.717) is 30.2 Å². The Kier molecular flexibility index (Phi) is 3.53. The summed E-state index contributed by atoms with van der Waals surface area (Å²) in [5.74, 6) is 0.492. The summed E-state index contributed by atoms with van der Waals surface area (Å²) in [6.45, 7) is 4.46. The molecule has 1 rings (SSSR count). The maximum absolute atomic E-state index is 11.5. The highest BCUT2D eigenvalue weighted by molar-refractivity contribution is 5.94. The number of hydrogen-bond donors (Lipinski definition) is 2. The van der Waals surface area contributed by atoms with Crippen LogP contribution in [0.25, 0.3) is 0 Å². The van der Waals surface area contributed by atoms with Gasteiger partial charge < -0.3 is 11.1 Å². The fourth-order valence-electron chi connectivity index (χ4n) is 1.09. The normalized spacial score (nSPS) is 9.93. The highest BCUT2D eigenvalue weighted by Crippen LogP contribution is 2.02. The summed E-state index contributed by atoms with van der Waals surface area (Å²) in [7, 11) is 0. The molecule has 0 aliphatic carbocycles. The predicted molar refractivity (Wildman–Crippen MR) is 52.9 cm³/mol. The number of nitrogens with two attached hydrogens (primary N) is 1. The molecule has 1 heterocycles. The summed E-state index contributed by atoms with van der Waals surface area (Å²) in [4.78, 5) is 19.6. The number of aryl methyl sites for hydroxylation is 2. The Bertz CT molecular complexity index is 338. The molecule has 0 saturated carbocycles. The standard InChI is InChI=1S/C9H14N4O/c1-6-8(5-12-7(2)13-6)9(14)11-4-3-10/h5H,3-4,10H2,1-2H3,(H,11,14). The monoisotopic (exact) mass is 194 g/mol. The molecular weight excluding hydrogens is 180 g/mol. The molecule has 14 heavy (non-hydrogen) atoms. The summed E-state index contributed by atoms with van der Waals surface area (Å²) in [5.41, 5.74) is 6.46. The Morgan fingerprint density at radius 2 is 2.29 bits per heavy atom. The smallest absolute Gasteiger partial charge is 0.254 e. The highest BCUT2D eigenvalue weighted by atomic mass is 16.1. The fraction of sp³-hybridized carbons (Fsp3) is 0.444. The fourth-order valence-corrected chi connectivity index (χ4v) is 1.09. The topological polar surface area (TPSA) is 80.9 Å². The van der Waals surface area contributed by atoms with Gasteiger partial charge in [0.2, 0.25) is 0 Å². The van der Waals surface area contributed by atoms with Crippen LogP contribution in [0.4, 0.5) is 0 Å². The van der Waals surface area contributed by atoms with Crippen molar-refractivity contribution in [3.63, 3.8) is 0 Å². The van der Waals surface area contributed by atoms with E-state index in [1.807, 2.05) is 0 Å². The van der Waals surface area contributed by atoms with Crippen molar-refractivity contribution in [3.8, 4) is 0 Å². The average molecular weight is 194 g/mol. The first-order valence-electron chi connectivity index (χ1n) is 4.43. The Morgan fingerprint density at radius 1 is 1.57 bits per heavy atom. The van der Waals surface area contributed by atoms with Crippen LogP contribution in [0.1, 0.15) is 21.9 Å². The Labute approximate surface area is 82.7 Å². The van der Waals surface area contributed by atoms with Gasteiger partial charge in [-0.15, -0.1) is 0 Å². The van der Waals surface area contributed by atoms with E-state index < -0.39 is 0 Å². The third-order valence-corrected chi connectivity index (χ3v) is 1.77. The molecule has 0 radical (unpaired) electrons. The van der Waals surface area contributed by atoms with Gasteiger partial charge in [0.05, 0.1) is 11.3 Å². The lowest BCUT2D eigenvalue weighted by Crippen LogP contribution is -2.29. The van der Waals surface area contributed by atoms with Gasteiger partial charge in [-0.3, -0.25) is 4.79 Å². The molecule has 5 nitrogen and oxygen atoms in total. The van der Waals surface area contributed by atoms with Gasteiger partial charge in [0.15, 0.2) is 0 Å². The highest BCUT2D eigenvalue weighted by Gasteiger charge is 2.09. The number of carbonyl (C=O) groups is 1. The van der Waals surface area contributed by atoms with Crippen LogP contribution < -0.4 is 11.1 Å². The molecule has 1 amide bonds. The molecule has 76 valence electrons. The third kappa shape index (κ3) is 2.50. The molecule has 0 aromatic carbocycles. The summed E-state index contributed by atoms with van der Waals surface area (Å²) in [6, 6.07) is 0. The number of rotatable bonds is 3. The molecule has 0 saturated heterocycles. The van der Waals surface area contributed by atoms with Crippen molar-refractivity contribution >= 4 is 5.91 Å². The van der Waals surface area contributed by atoms with Crippen molar-refractivity contribution < 1.29 is 4.79 Å². The second-order valence-corrected chi connectivity index (χ2v) is 2.96. The Morgan fingerprint density at radius 3 is 2.86 bits per heavy atom. The number of aromatic nitrogens is 2. The van der Waals surface area contributed by atoms with E-state index in [0.717, 1.165) is 0 Å². The largest absolute Gasteiger partial charge is 0.351 e. The number of nitrogens with one attached hydrogen (secondary N) is 1. The lowest BCUT2D eigenvalue weighted by molar-refractivity contribution is 0.0953. The first-order valence-corrected chi connectivity index (χ1v) is 4.43. The van der Waals surface area contributed by atoms with Crippen LogP contribution in [0.3, 0.4) is 0 Å². The lowest BCUT2D eigenvalue weighted by Gasteiger charge is -2.05. The maximum Gasteiger partial charge on any atom is 0.254 e. The van der Waals surface area contributed by atoms with Gasteiger partial charge in [-0.05, 0) is 13.8 Å². The number of hydrogen-bond acceptors (Lipinski definition) is 4. The van der Waals surface area contributed by atoms with Crippen LogP contribution >= 0.6 is 0 Å². The van der Waals surface area contributed by atoms with E-state index in [1.165, 1.54) is 6.20 Å². The van der Waals surface area contributed by atoms with E-state index in [-0.39, 0.29) is 5.91 Å². The van der Waals surface area contributed by atoms with Crippen LogP contribution in [-0.4, -0.2) is 29.0 Å². The van der Waals surface area contributed by atoms with Gasteiger partial charge in [-0.1, -0.05) is 0 Å². The lowest BCUT2D eigenvalue weighted by atomic mass is 10.2. The van der Waals surface area contributed by atoms with Crippen LogP contribution in [0.5, 0.6) is 0 Å². The zero-order chi connectivity index (χ0) is 10.6. The van der Waals surface area contributed by atoms with Crippen molar-refractivity contribution in [1.82, 2.24) is 15.3 Å². The molecule has 0 aliphatic heterocycles. The molecule has 1 aromatic heterocycles. The van der Waals surface area contributed by atoms with E-state index >= 15 is 0 Å². The van der Waals surface area contributed by atoms with Gasteiger partial charge in [0.1, 0.15) is 5.82 Å². The summed E-state index contributed by atoms with van der Waals surface area (Å²) in [5, 5.41) is 2.66. The van der Waals surface area contributed by atoms with Gasteiger partial charge in [0.25, 0.3) is 5.91 Å². The second kappa shape index (κ2) is 4.66. The molecule has 3 N–H and O–H groups in total. The Balaban J connectivity index is 2.80. The Hall–Kier alpha value is -1.49. The minimum Gasteiger partial charge on any atom is -0.351 e. The van der Waals surface area contributed by atoms with Crippen molar-refractivity contribution in [2.24, 2.45) is 5.73 Å². The SMILES string of the molecule is Cc1ncc(C(=O)NCCN)c(C)n1. The van der Waals surface area contributed by atoms with Crippen molar-refractivity contribution in [3.05, 3.63) is 23.3 Å². The quantitative estimate of drug-likeness (QED) is 0.697. The van der Waals surface area contributed by atoms with E-state index in [4.69, 9.17) is 5.73 Å². The van der Waals surface area contributed by atoms with Gasteiger partial charge in [-0.2, -0.15) is 0 Å². The predicted octanol–water partition coefficient (Wildman–Crippen LogP) is -0.218. The summed E-state index contributed by atoms with van der Waals surface area (Å²) < 4.78 is 0. The zero-order valence-corrected chi connectivity index (χ0v) is 8.37. The minimum atomic E-state index is -0.173. The summed E-state index contributed by atoms with van der Waals surface area (Å²) in [6.07, 6.45) is 1.53. The molecule has 5 heteroatoms. The van der Waals surface area contributed by atoms with Gasteiger partial charge >= 0.3 is 0 Å². The van der Waals surface area contributed by atoms with Crippen molar-refractivity contribution in [2.75, 3.05) is 13.1 Å². The van der Waals surface area contributed by atoms with E-state index in [9.17, 15) is 4.79 Å². The number of amides is 1. The van der Waals surface area contributed by atoms with Gasteiger partial charge in [0, 0.05) is 19.3 Å². The molecule has 0 atom stereocenters. The van der Waals surface area contributed by atoms with E-state index in [1.54, 1.807) is 13.8 Å². The van der Waals surface area contributed by atoms with Crippen LogP contribution in [0, 0.1) is 13.8 Å². The second-order valence-electron chi connectivity index (χ2n) is 2.96. The molecule has 0 aliphatic rings. The molecule has 0 spiro atoms. The van der Waals surface area contributed by atoms with Crippen LogP contribution in [0.2, 0.25) is 0 Å². The molecule has 1 aromatic rings. The molecule has 0 unspecified atom stereocenters. The summed E-state index contributed by atoms with van der Waals surface area (Å²) >= 11 is 0. The first kappa shape index (κ1) is 10.6. The van der Waals surface area contributed by atoms with Crippen LogP contribution in [-0.2, 0) is 0 Å². The van der Waals surface area contributed by atoms with Crippen molar-refractivity contribution in [2.45, 2.75) is 13.8 Å². The minimum absolute atomic E-state index is 0.173. The van der Waals surface area contributed by atoms with Crippen LogP contribution in [0.15, 0.2) is 6.20 Å². The average Bonchev–Trinajstić information content (AvgIpc) is 2.14.